The van der Waals surface area contributed by atoms with Gasteiger partial charge in [0.2, 0.25) is 0 Å². The van der Waals surface area contributed by atoms with Crippen molar-refractivity contribution in [1.82, 2.24) is 4.90 Å². The van der Waals surface area contributed by atoms with E-state index in [0.717, 1.165) is 24.8 Å². The third kappa shape index (κ3) is 5.60. The molecule has 0 atom stereocenters. The molecule has 134 valence electrons. The smallest absolute Gasteiger partial charge is 0.283 e. The number of morpholine rings is 1. The van der Waals surface area contributed by atoms with E-state index >= 15 is 0 Å². The van der Waals surface area contributed by atoms with Gasteiger partial charge in [0.25, 0.3) is 10.0 Å². The molecule has 0 aromatic heterocycles. The van der Waals surface area contributed by atoms with E-state index in [-0.39, 0.29) is 4.90 Å². The van der Waals surface area contributed by atoms with Gasteiger partial charge in [0, 0.05) is 19.5 Å². The Labute approximate surface area is 145 Å². The normalized spacial score (nSPS) is 16.4. The van der Waals surface area contributed by atoms with Crippen LogP contribution in [0, 0.1) is 6.92 Å². The number of nitrogens with zero attached hydrogens (tertiary/aromatic N) is 2. The molecular weight excluding hydrogens is 324 g/mol. The first-order valence-corrected chi connectivity index (χ1v) is 10.2. The van der Waals surface area contributed by atoms with Crippen molar-refractivity contribution in [1.29, 1.82) is 0 Å². The quantitative estimate of drug-likeness (QED) is 0.429. The van der Waals surface area contributed by atoms with Gasteiger partial charge in [0.05, 0.1) is 18.1 Å². The summed E-state index contributed by atoms with van der Waals surface area (Å²) < 4.78 is 34.8. The number of ether oxygens (including phenoxy) is 1. The predicted molar refractivity (Wildman–Crippen MR) is 97.0 cm³/mol. The number of rotatable bonds is 7. The molecule has 1 saturated heterocycles. The lowest BCUT2D eigenvalue weighted by Gasteiger charge is -2.29. The summed E-state index contributed by atoms with van der Waals surface area (Å²) in [6, 6.07) is 6.86. The number of amidine groups is 1. The van der Waals surface area contributed by atoms with Crippen molar-refractivity contribution in [3.8, 4) is 0 Å². The molecule has 5 nitrogen and oxygen atoms in total. The van der Waals surface area contributed by atoms with E-state index in [2.05, 4.69) is 16.2 Å². The molecule has 1 fully saturated rings. The fraction of sp³-hybridized carbons (Fsp3) is 0.611. The third-order valence-corrected chi connectivity index (χ3v) is 5.49. The Morgan fingerprint density at radius 1 is 1.12 bits per heavy atom. The lowest BCUT2D eigenvalue weighted by molar-refractivity contribution is 0.0672. The zero-order valence-corrected chi connectivity index (χ0v) is 15.5. The van der Waals surface area contributed by atoms with Crippen molar-refractivity contribution in [2.75, 3.05) is 26.3 Å². The summed E-state index contributed by atoms with van der Waals surface area (Å²) in [7, 11) is -3.66. The summed E-state index contributed by atoms with van der Waals surface area (Å²) in [4.78, 5) is 2.31. The van der Waals surface area contributed by atoms with E-state index in [1.54, 1.807) is 24.3 Å². The molecular formula is C18H28N2O3S. The van der Waals surface area contributed by atoms with Gasteiger partial charge in [-0.15, -0.1) is 4.40 Å². The summed E-state index contributed by atoms with van der Waals surface area (Å²) in [5, 5.41) is 0. The van der Waals surface area contributed by atoms with E-state index < -0.39 is 10.0 Å². The van der Waals surface area contributed by atoms with Gasteiger partial charge >= 0.3 is 0 Å². The van der Waals surface area contributed by atoms with Gasteiger partial charge in [0.1, 0.15) is 5.84 Å². The highest BCUT2D eigenvalue weighted by Crippen LogP contribution is 2.16. The molecule has 0 radical (unpaired) electrons. The second-order valence-corrected chi connectivity index (χ2v) is 7.81. The van der Waals surface area contributed by atoms with Crippen LogP contribution in [0.1, 0.15) is 44.6 Å². The van der Waals surface area contributed by atoms with Crippen LogP contribution in [0.3, 0.4) is 0 Å². The molecule has 0 unspecified atom stereocenters. The summed E-state index contributed by atoms with van der Waals surface area (Å²) in [6.07, 6.45) is 5.09. The highest BCUT2D eigenvalue weighted by atomic mass is 32.2. The van der Waals surface area contributed by atoms with Crippen LogP contribution in [0.5, 0.6) is 0 Å². The molecule has 24 heavy (non-hydrogen) atoms. The van der Waals surface area contributed by atoms with Crippen molar-refractivity contribution in [3.63, 3.8) is 0 Å². The van der Waals surface area contributed by atoms with Crippen molar-refractivity contribution < 1.29 is 13.2 Å². The monoisotopic (exact) mass is 352 g/mol. The van der Waals surface area contributed by atoms with Gasteiger partial charge < -0.3 is 9.64 Å². The van der Waals surface area contributed by atoms with Crippen molar-refractivity contribution in [2.45, 2.75) is 50.8 Å². The summed E-state index contributed by atoms with van der Waals surface area (Å²) in [5.74, 6) is 0.676. The number of aryl methyl sites for hydroxylation is 1. The minimum atomic E-state index is -3.66. The van der Waals surface area contributed by atoms with Gasteiger partial charge in [-0.2, -0.15) is 8.42 Å². The summed E-state index contributed by atoms with van der Waals surface area (Å²) >= 11 is 0. The van der Waals surface area contributed by atoms with Crippen LogP contribution in [0.25, 0.3) is 0 Å². The Kier molecular flexibility index (Phi) is 7.24. The summed E-state index contributed by atoms with van der Waals surface area (Å²) in [6.45, 7) is 6.76. The molecule has 0 amide bonds. The van der Waals surface area contributed by atoms with E-state index in [1.807, 2.05) is 6.92 Å². The standard InChI is InChI=1S/C18H28N2O3S/c1-3-4-5-6-7-18(20-12-14-23-15-13-20)19-24(21,22)17-10-8-16(2)9-11-17/h8-11H,3-7,12-15H2,1-2H3/b19-18-. The first-order valence-electron chi connectivity index (χ1n) is 8.76. The van der Waals surface area contributed by atoms with Gasteiger partial charge in [-0.05, 0) is 25.5 Å². The molecule has 1 aromatic rings. The maximum Gasteiger partial charge on any atom is 0.283 e. The van der Waals surface area contributed by atoms with Crippen LogP contribution >= 0.6 is 0 Å². The molecule has 0 N–H and O–H groups in total. The zero-order chi connectivity index (χ0) is 17.4. The van der Waals surface area contributed by atoms with Gasteiger partial charge in [-0.1, -0.05) is 43.9 Å². The zero-order valence-electron chi connectivity index (χ0n) is 14.7. The number of sulfonamides is 1. The SMILES string of the molecule is CCCCCC/C(=N/S(=O)(=O)c1ccc(C)cc1)N1CCOCC1. The maximum atomic E-state index is 12.6. The molecule has 2 rings (SSSR count). The van der Waals surface area contributed by atoms with Crippen molar-refractivity contribution >= 4 is 15.9 Å². The number of hydrogen-bond donors (Lipinski definition) is 0. The molecule has 1 aliphatic heterocycles. The van der Waals surface area contributed by atoms with Crippen molar-refractivity contribution in [2.24, 2.45) is 4.40 Å². The van der Waals surface area contributed by atoms with Crippen LogP contribution < -0.4 is 0 Å². The Morgan fingerprint density at radius 3 is 2.42 bits per heavy atom. The number of hydrogen-bond acceptors (Lipinski definition) is 3. The molecule has 1 aliphatic rings. The number of benzene rings is 1. The highest BCUT2D eigenvalue weighted by Gasteiger charge is 2.20. The fourth-order valence-corrected chi connectivity index (χ4v) is 3.76. The number of unbranched alkanes of at least 4 members (excludes halogenated alkanes) is 3. The fourth-order valence-electron chi connectivity index (χ4n) is 2.69. The molecule has 0 spiro atoms. The topological polar surface area (TPSA) is 59.0 Å². The molecule has 0 aliphatic carbocycles. The average Bonchev–Trinajstić information content (AvgIpc) is 2.59. The minimum absolute atomic E-state index is 0.257. The van der Waals surface area contributed by atoms with E-state index in [9.17, 15) is 8.42 Å². The Morgan fingerprint density at radius 2 is 1.79 bits per heavy atom. The lowest BCUT2D eigenvalue weighted by atomic mass is 10.1. The van der Waals surface area contributed by atoms with E-state index in [4.69, 9.17) is 4.74 Å². The Bertz CT molecular complexity index is 633. The van der Waals surface area contributed by atoms with Crippen LogP contribution in [0.2, 0.25) is 0 Å². The first kappa shape index (κ1) is 18.9. The Balaban J connectivity index is 2.19. The van der Waals surface area contributed by atoms with Crippen LogP contribution in [-0.2, 0) is 14.8 Å². The molecule has 6 heteroatoms. The molecule has 1 heterocycles. The highest BCUT2D eigenvalue weighted by molar-refractivity contribution is 7.90. The molecule has 1 aromatic carbocycles. The first-order chi connectivity index (χ1) is 11.5. The molecule has 0 bridgehead atoms. The van der Waals surface area contributed by atoms with Gasteiger partial charge in [-0.25, -0.2) is 0 Å². The van der Waals surface area contributed by atoms with Crippen LogP contribution in [0.4, 0.5) is 0 Å². The molecule has 0 saturated carbocycles. The van der Waals surface area contributed by atoms with E-state index in [0.29, 0.717) is 38.6 Å². The largest absolute Gasteiger partial charge is 0.378 e. The second-order valence-electron chi connectivity index (χ2n) is 6.21. The van der Waals surface area contributed by atoms with Gasteiger partial charge in [-0.3, -0.25) is 0 Å². The van der Waals surface area contributed by atoms with Crippen LogP contribution in [-0.4, -0.2) is 45.5 Å². The third-order valence-electron chi connectivity index (χ3n) is 4.17. The second kappa shape index (κ2) is 9.18. The van der Waals surface area contributed by atoms with Crippen LogP contribution in [0.15, 0.2) is 33.6 Å². The maximum absolute atomic E-state index is 12.6. The average molecular weight is 353 g/mol. The summed E-state index contributed by atoms with van der Waals surface area (Å²) in [5.41, 5.74) is 1.03. The Hall–Kier alpha value is -1.40. The minimum Gasteiger partial charge on any atom is -0.378 e. The van der Waals surface area contributed by atoms with Gasteiger partial charge in [0.15, 0.2) is 0 Å². The lowest BCUT2D eigenvalue weighted by Crippen LogP contribution is -2.41. The van der Waals surface area contributed by atoms with E-state index in [1.165, 1.54) is 6.42 Å². The van der Waals surface area contributed by atoms with Crippen molar-refractivity contribution in [3.05, 3.63) is 29.8 Å². The predicted octanol–water partition coefficient (Wildman–Crippen LogP) is 3.38.